The molecule has 0 saturated carbocycles. The largest absolute Gasteiger partial charge is 0.506 e. The number of phenols is 1. The minimum absolute atomic E-state index is 0.0527. The van der Waals surface area contributed by atoms with E-state index in [9.17, 15) is 9.90 Å². The van der Waals surface area contributed by atoms with Crippen LogP contribution in [0.15, 0.2) is 36.4 Å². The van der Waals surface area contributed by atoms with E-state index in [1.54, 1.807) is 0 Å². The summed E-state index contributed by atoms with van der Waals surface area (Å²) in [5, 5.41) is 12.4. The van der Waals surface area contributed by atoms with Crippen LogP contribution < -0.4 is 14.8 Å². The number of hydrogen-bond acceptors (Lipinski definition) is 4. The molecule has 5 nitrogen and oxygen atoms in total. The maximum absolute atomic E-state index is 12.3. The molecule has 0 aromatic heterocycles. The van der Waals surface area contributed by atoms with Crippen molar-refractivity contribution in [1.82, 2.24) is 5.32 Å². The second-order valence-corrected chi connectivity index (χ2v) is 5.67. The average Bonchev–Trinajstić information content (AvgIpc) is 2.56. The highest BCUT2D eigenvalue weighted by Gasteiger charge is 2.17. The number of benzene rings is 2. The number of nitrogens with one attached hydrogen (secondary N) is 1. The van der Waals surface area contributed by atoms with Crippen LogP contribution in [0.2, 0.25) is 5.02 Å². The summed E-state index contributed by atoms with van der Waals surface area (Å²) in [6.07, 6.45) is 0. The van der Waals surface area contributed by atoms with Crippen LogP contribution in [0.4, 0.5) is 0 Å². The van der Waals surface area contributed by atoms with Gasteiger partial charge >= 0.3 is 0 Å². The lowest BCUT2D eigenvalue weighted by Gasteiger charge is -2.21. The Kier molecular flexibility index (Phi) is 4.30. The second-order valence-electron chi connectivity index (χ2n) is 5.26. The van der Waals surface area contributed by atoms with Crippen LogP contribution in [0.25, 0.3) is 0 Å². The predicted molar refractivity (Wildman–Crippen MR) is 86.4 cm³/mol. The molecule has 0 saturated heterocycles. The van der Waals surface area contributed by atoms with Gasteiger partial charge in [0.15, 0.2) is 11.5 Å². The summed E-state index contributed by atoms with van der Waals surface area (Å²) in [5.41, 5.74) is 1.30. The van der Waals surface area contributed by atoms with Crippen LogP contribution >= 0.6 is 11.6 Å². The molecule has 2 aromatic rings. The van der Waals surface area contributed by atoms with Crippen LogP contribution in [-0.2, 0) is 0 Å². The first kappa shape index (κ1) is 15.5. The molecule has 1 amide bonds. The summed E-state index contributed by atoms with van der Waals surface area (Å²) in [5.74, 6) is 1.07. The molecule has 1 atom stereocenters. The number of carbonyl (C=O) groups excluding carboxylic acids is 1. The smallest absolute Gasteiger partial charge is 0.251 e. The van der Waals surface area contributed by atoms with Gasteiger partial charge in [0.1, 0.15) is 19.0 Å². The molecule has 3 rings (SSSR count). The standard InChI is InChI=1S/C17H16ClNO4/c1-10(11-3-5-15-16(9-11)23-7-6-22-15)19-17(21)12-2-4-14(20)13(18)8-12/h2-5,8-10,20H,6-7H2,1H3,(H,19,21). The molecule has 0 radical (unpaired) electrons. The maximum atomic E-state index is 12.3. The fourth-order valence-corrected chi connectivity index (χ4v) is 2.52. The zero-order valence-electron chi connectivity index (χ0n) is 12.5. The summed E-state index contributed by atoms with van der Waals surface area (Å²) in [7, 11) is 0. The number of amides is 1. The van der Waals surface area contributed by atoms with Crippen molar-refractivity contribution >= 4 is 17.5 Å². The molecule has 1 heterocycles. The van der Waals surface area contributed by atoms with Crippen molar-refractivity contribution in [3.8, 4) is 17.2 Å². The summed E-state index contributed by atoms with van der Waals surface area (Å²) in [6, 6.07) is 9.72. The van der Waals surface area contributed by atoms with Crippen molar-refractivity contribution in [2.24, 2.45) is 0 Å². The normalized spacial score (nSPS) is 14.2. The van der Waals surface area contributed by atoms with E-state index in [1.165, 1.54) is 18.2 Å². The van der Waals surface area contributed by atoms with Crippen molar-refractivity contribution in [1.29, 1.82) is 0 Å². The van der Waals surface area contributed by atoms with E-state index in [4.69, 9.17) is 21.1 Å². The Balaban J connectivity index is 1.74. The Labute approximate surface area is 138 Å². The molecule has 120 valence electrons. The third-order valence-electron chi connectivity index (χ3n) is 3.62. The van der Waals surface area contributed by atoms with Crippen LogP contribution in [0.3, 0.4) is 0 Å². The van der Waals surface area contributed by atoms with Gasteiger partial charge < -0.3 is 19.9 Å². The zero-order chi connectivity index (χ0) is 16.4. The molecule has 1 unspecified atom stereocenters. The monoisotopic (exact) mass is 333 g/mol. The fourth-order valence-electron chi connectivity index (χ4n) is 2.34. The average molecular weight is 334 g/mol. The van der Waals surface area contributed by atoms with E-state index in [-0.39, 0.29) is 22.7 Å². The Morgan fingerprint density at radius 1 is 1.17 bits per heavy atom. The Hall–Kier alpha value is -2.40. The van der Waals surface area contributed by atoms with Gasteiger partial charge in [0.25, 0.3) is 5.91 Å². The number of carbonyl (C=O) groups is 1. The first-order valence-electron chi connectivity index (χ1n) is 7.23. The number of fused-ring (bicyclic) bond motifs is 1. The van der Waals surface area contributed by atoms with Gasteiger partial charge in [-0.15, -0.1) is 0 Å². The number of aromatic hydroxyl groups is 1. The summed E-state index contributed by atoms with van der Waals surface area (Å²) >= 11 is 5.83. The highest BCUT2D eigenvalue weighted by atomic mass is 35.5. The molecule has 0 spiro atoms. The van der Waals surface area contributed by atoms with Gasteiger partial charge in [-0.25, -0.2) is 0 Å². The molecule has 23 heavy (non-hydrogen) atoms. The predicted octanol–water partition coefficient (Wildman–Crippen LogP) is 3.31. The maximum Gasteiger partial charge on any atom is 0.251 e. The molecule has 2 N–H and O–H groups in total. The highest BCUT2D eigenvalue weighted by Crippen LogP contribution is 2.32. The third-order valence-corrected chi connectivity index (χ3v) is 3.93. The topological polar surface area (TPSA) is 67.8 Å². The van der Waals surface area contributed by atoms with Crippen molar-refractivity contribution in [2.75, 3.05) is 13.2 Å². The Bertz CT molecular complexity index is 747. The number of phenolic OH excluding ortho intramolecular Hbond substituents is 1. The molecule has 0 aliphatic carbocycles. The molecule has 1 aliphatic heterocycles. The van der Waals surface area contributed by atoms with Gasteiger partial charge in [-0.2, -0.15) is 0 Å². The first-order chi connectivity index (χ1) is 11.0. The molecule has 6 heteroatoms. The fraction of sp³-hybridized carbons (Fsp3) is 0.235. The summed E-state index contributed by atoms with van der Waals surface area (Å²) < 4.78 is 11.0. The highest BCUT2D eigenvalue weighted by molar-refractivity contribution is 6.32. The van der Waals surface area contributed by atoms with E-state index in [0.717, 1.165) is 5.56 Å². The SMILES string of the molecule is CC(NC(=O)c1ccc(O)c(Cl)c1)c1ccc2c(c1)OCCO2. The lowest BCUT2D eigenvalue weighted by molar-refractivity contribution is 0.0939. The van der Waals surface area contributed by atoms with Gasteiger partial charge in [0.2, 0.25) is 0 Å². The van der Waals surface area contributed by atoms with Crippen molar-refractivity contribution in [2.45, 2.75) is 13.0 Å². The van der Waals surface area contributed by atoms with E-state index < -0.39 is 0 Å². The molecular formula is C17H16ClNO4. The van der Waals surface area contributed by atoms with Gasteiger partial charge in [0, 0.05) is 5.56 Å². The number of hydrogen-bond donors (Lipinski definition) is 2. The molecule has 0 bridgehead atoms. The lowest BCUT2D eigenvalue weighted by atomic mass is 10.1. The minimum Gasteiger partial charge on any atom is -0.506 e. The lowest BCUT2D eigenvalue weighted by Crippen LogP contribution is -2.26. The molecule has 1 aliphatic rings. The van der Waals surface area contributed by atoms with Crippen molar-refractivity contribution in [3.05, 3.63) is 52.5 Å². The van der Waals surface area contributed by atoms with Crippen molar-refractivity contribution in [3.63, 3.8) is 0 Å². The second kappa shape index (κ2) is 6.38. The Morgan fingerprint density at radius 3 is 2.65 bits per heavy atom. The van der Waals surface area contributed by atoms with Crippen molar-refractivity contribution < 1.29 is 19.4 Å². The van der Waals surface area contributed by atoms with Gasteiger partial charge in [-0.3, -0.25) is 4.79 Å². The van der Waals surface area contributed by atoms with Gasteiger partial charge in [0.05, 0.1) is 11.1 Å². The van der Waals surface area contributed by atoms with Crippen LogP contribution in [0.1, 0.15) is 28.9 Å². The number of halogens is 1. The van der Waals surface area contributed by atoms with Gasteiger partial charge in [-0.05, 0) is 42.8 Å². The van der Waals surface area contributed by atoms with E-state index in [2.05, 4.69) is 5.32 Å². The first-order valence-corrected chi connectivity index (χ1v) is 7.61. The molecule has 2 aromatic carbocycles. The summed E-state index contributed by atoms with van der Waals surface area (Å²) in [4.78, 5) is 12.3. The van der Waals surface area contributed by atoms with E-state index >= 15 is 0 Å². The van der Waals surface area contributed by atoms with Crippen LogP contribution in [-0.4, -0.2) is 24.2 Å². The van der Waals surface area contributed by atoms with E-state index in [1.807, 2.05) is 25.1 Å². The molecular weight excluding hydrogens is 318 g/mol. The molecule has 0 fully saturated rings. The van der Waals surface area contributed by atoms with E-state index in [0.29, 0.717) is 30.3 Å². The number of ether oxygens (including phenoxy) is 2. The third kappa shape index (κ3) is 3.35. The zero-order valence-corrected chi connectivity index (χ0v) is 13.3. The summed E-state index contributed by atoms with van der Waals surface area (Å²) in [6.45, 7) is 2.94. The van der Waals surface area contributed by atoms with Crippen LogP contribution in [0.5, 0.6) is 17.2 Å². The minimum atomic E-state index is -0.269. The Morgan fingerprint density at radius 2 is 1.91 bits per heavy atom. The quantitative estimate of drug-likeness (QED) is 0.904. The van der Waals surface area contributed by atoms with Gasteiger partial charge in [-0.1, -0.05) is 17.7 Å². The number of rotatable bonds is 3. The van der Waals surface area contributed by atoms with Crippen LogP contribution in [0, 0.1) is 0 Å².